The van der Waals surface area contributed by atoms with Crippen LogP contribution in [0.15, 0.2) is 24.3 Å². The lowest BCUT2D eigenvalue weighted by atomic mass is 10.2. The molecule has 0 aliphatic heterocycles. The zero-order valence-corrected chi connectivity index (χ0v) is 11.8. The van der Waals surface area contributed by atoms with Crippen molar-refractivity contribution in [2.45, 2.75) is 25.5 Å². The molecule has 18 heavy (non-hydrogen) atoms. The second kappa shape index (κ2) is 8.91. The minimum Gasteiger partial charge on any atom is -0.493 e. The van der Waals surface area contributed by atoms with E-state index >= 15 is 0 Å². The minimum absolute atomic E-state index is 0.114. The summed E-state index contributed by atoms with van der Waals surface area (Å²) in [6.45, 7) is 5.03. The lowest BCUT2D eigenvalue weighted by molar-refractivity contribution is 0.343. The van der Waals surface area contributed by atoms with E-state index in [1.807, 2.05) is 36.0 Å². The molecule has 1 aromatic carbocycles. The Morgan fingerprint density at radius 1 is 1.44 bits per heavy atom. The van der Waals surface area contributed by atoms with E-state index in [-0.39, 0.29) is 6.61 Å². The molecule has 1 atom stereocenters. The van der Waals surface area contributed by atoms with Gasteiger partial charge in [0.1, 0.15) is 12.4 Å². The molecule has 0 aromatic heterocycles. The maximum Gasteiger partial charge on any atom is 0.120 e. The summed E-state index contributed by atoms with van der Waals surface area (Å²) < 4.78 is 5.67. The number of aliphatic hydroxyl groups is 1. The first-order valence-electron chi connectivity index (χ1n) is 6.20. The number of benzene rings is 1. The summed E-state index contributed by atoms with van der Waals surface area (Å²) in [6.07, 6.45) is 1.19. The van der Waals surface area contributed by atoms with Crippen molar-refractivity contribution in [3.63, 3.8) is 0 Å². The van der Waals surface area contributed by atoms with Gasteiger partial charge in [0.05, 0.1) is 6.61 Å². The highest BCUT2D eigenvalue weighted by Gasteiger charge is 1.99. The van der Waals surface area contributed by atoms with Crippen LogP contribution in [0.4, 0.5) is 0 Å². The fourth-order valence-electron chi connectivity index (χ4n) is 1.33. The van der Waals surface area contributed by atoms with Crippen LogP contribution in [0.25, 0.3) is 0 Å². The number of rotatable bonds is 6. The van der Waals surface area contributed by atoms with Gasteiger partial charge >= 0.3 is 0 Å². The monoisotopic (exact) mass is 264 g/mol. The van der Waals surface area contributed by atoms with E-state index in [0.717, 1.165) is 17.1 Å². The van der Waals surface area contributed by atoms with E-state index in [0.29, 0.717) is 11.9 Å². The molecule has 98 valence electrons. The van der Waals surface area contributed by atoms with Gasteiger partial charge in [0.15, 0.2) is 0 Å². The molecule has 0 aliphatic rings. The molecule has 0 saturated carbocycles. The van der Waals surface area contributed by atoms with Gasteiger partial charge in [-0.05, 0) is 24.6 Å². The van der Waals surface area contributed by atoms with Crippen LogP contribution in [0.5, 0.6) is 5.75 Å². The average molecular weight is 264 g/mol. The molecule has 1 N–H and O–H groups in total. The normalized spacial score (nSPS) is 11.5. The van der Waals surface area contributed by atoms with Crippen molar-refractivity contribution in [3.8, 4) is 17.6 Å². The van der Waals surface area contributed by atoms with E-state index in [9.17, 15) is 0 Å². The number of aliphatic hydroxyl groups excluding tert-OH is 1. The summed E-state index contributed by atoms with van der Waals surface area (Å²) in [4.78, 5) is 0. The maximum atomic E-state index is 8.64. The lowest BCUT2D eigenvalue weighted by Gasteiger charge is -2.09. The predicted molar refractivity (Wildman–Crippen MR) is 78.1 cm³/mol. The fraction of sp³-hybridized carbons (Fsp3) is 0.467. The van der Waals surface area contributed by atoms with E-state index in [2.05, 4.69) is 25.7 Å². The summed E-state index contributed by atoms with van der Waals surface area (Å²) in [6, 6.07) is 7.65. The first-order valence-corrected chi connectivity index (χ1v) is 7.25. The minimum atomic E-state index is -0.114. The molecule has 0 aliphatic carbocycles. The second-order valence-electron chi connectivity index (χ2n) is 3.93. The molecule has 0 amide bonds. The summed E-state index contributed by atoms with van der Waals surface area (Å²) >= 11 is 1.93. The molecule has 2 nitrogen and oxygen atoms in total. The van der Waals surface area contributed by atoms with Gasteiger partial charge in [0.2, 0.25) is 0 Å². The highest BCUT2D eigenvalue weighted by Crippen LogP contribution is 2.15. The smallest absolute Gasteiger partial charge is 0.120 e. The van der Waals surface area contributed by atoms with Gasteiger partial charge in [-0.1, -0.05) is 31.8 Å². The Bertz CT molecular complexity index is 406. The average Bonchev–Trinajstić information content (AvgIpc) is 2.41. The molecule has 0 radical (unpaired) electrons. The highest BCUT2D eigenvalue weighted by atomic mass is 32.2. The van der Waals surface area contributed by atoms with Crippen molar-refractivity contribution < 1.29 is 9.84 Å². The largest absolute Gasteiger partial charge is 0.493 e. The molecular formula is C15H20O2S. The molecule has 0 bridgehead atoms. The van der Waals surface area contributed by atoms with Gasteiger partial charge in [0, 0.05) is 16.6 Å². The molecule has 0 spiro atoms. The van der Waals surface area contributed by atoms with Gasteiger partial charge in [-0.2, -0.15) is 11.8 Å². The van der Waals surface area contributed by atoms with Crippen LogP contribution in [0.2, 0.25) is 0 Å². The SMILES string of the molecule is CCC(C)SCCOc1cccc(C#CCO)c1. The third kappa shape index (κ3) is 6.00. The summed E-state index contributed by atoms with van der Waals surface area (Å²) in [7, 11) is 0. The Hall–Kier alpha value is -1.11. The van der Waals surface area contributed by atoms with Gasteiger partial charge in [-0.25, -0.2) is 0 Å². The van der Waals surface area contributed by atoms with Gasteiger partial charge in [0.25, 0.3) is 0 Å². The fourth-order valence-corrected chi connectivity index (χ4v) is 2.15. The molecule has 1 aromatic rings. The zero-order chi connectivity index (χ0) is 13.2. The maximum absolute atomic E-state index is 8.64. The molecule has 0 saturated heterocycles. The van der Waals surface area contributed by atoms with Crippen molar-refractivity contribution in [3.05, 3.63) is 29.8 Å². The third-order valence-corrected chi connectivity index (χ3v) is 3.78. The Labute approximate surface area is 114 Å². The molecule has 1 rings (SSSR count). The Kier molecular flexibility index (Phi) is 7.40. The van der Waals surface area contributed by atoms with Gasteiger partial charge in [-0.3, -0.25) is 0 Å². The Balaban J connectivity index is 2.38. The predicted octanol–water partition coefficient (Wildman–Crippen LogP) is 2.94. The van der Waals surface area contributed by atoms with E-state index in [1.165, 1.54) is 6.42 Å². The highest BCUT2D eigenvalue weighted by molar-refractivity contribution is 7.99. The van der Waals surface area contributed by atoms with Crippen LogP contribution < -0.4 is 4.74 Å². The first-order chi connectivity index (χ1) is 8.76. The zero-order valence-electron chi connectivity index (χ0n) is 11.0. The number of hydrogen-bond acceptors (Lipinski definition) is 3. The van der Waals surface area contributed by atoms with Crippen LogP contribution in [0.1, 0.15) is 25.8 Å². The number of ether oxygens (including phenoxy) is 1. The summed E-state index contributed by atoms with van der Waals surface area (Å²) in [5.41, 5.74) is 0.871. The standard InChI is InChI=1S/C15H20O2S/c1-3-13(2)18-11-10-17-15-8-4-6-14(12-15)7-5-9-16/h4,6,8,12-13,16H,3,9-11H2,1-2H3. The van der Waals surface area contributed by atoms with Crippen LogP contribution in [0, 0.1) is 11.8 Å². The van der Waals surface area contributed by atoms with Crippen molar-refractivity contribution >= 4 is 11.8 Å². The van der Waals surface area contributed by atoms with E-state index < -0.39 is 0 Å². The van der Waals surface area contributed by atoms with Crippen LogP contribution in [0.3, 0.4) is 0 Å². The quantitative estimate of drug-likeness (QED) is 0.633. The molecule has 1 unspecified atom stereocenters. The van der Waals surface area contributed by atoms with Crippen molar-refractivity contribution in [2.75, 3.05) is 19.0 Å². The Morgan fingerprint density at radius 3 is 3.00 bits per heavy atom. The number of thioether (sulfide) groups is 1. The van der Waals surface area contributed by atoms with Gasteiger partial charge in [-0.15, -0.1) is 0 Å². The van der Waals surface area contributed by atoms with E-state index in [1.54, 1.807) is 0 Å². The molecule has 3 heteroatoms. The van der Waals surface area contributed by atoms with Crippen molar-refractivity contribution in [1.29, 1.82) is 0 Å². The van der Waals surface area contributed by atoms with Gasteiger partial charge < -0.3 is 9.84 Å². The summed E-state index contributed by atoms with van der Waals surface area (Å²) in [5.74, 6) is 7.33. The molecule has 0 fully saturated rings. The van der Waals surface area contributed by atoms with Crippen LogP contribution >= 0.6 is 11.8 Å². The first kappa shape index (κ1) is 14.9. The second-order valence-corrected chi connectivity index (χ2v) is 5.47. The van der Waals surface area contributed by atoms with Crippen molar-refractivity contribution in [1.82, 2.24) is 0 Å². The van der Waals surface area contributed by atoms with E-state index in [4.69, 9.17) is 9.84 Å². The third-order valence-electron chi connectivity index (χ3n) is 2.48. The lowest BCUT2D eigenvalue weighted by Crippen LogP contribution is -2.04. The topological polar surface area (TPSA) is 29.5 Å². The van der Waals surface area contributed by atoms with Crippen LogP contribution in [-0.2, 0) is 0 Å². The van der Waals surface area contributed by atoms with Crippen LogP contribution in [-0.4, -0.2) is 29.3 Å². The van der Waals surface area contributed by atoms with Crippen molar-refractivity contribution in [2.24, 2.45) is 0 Å². The molecular weight excluding hydrogens is 244 g/mol. The summed E-state index contributed by atoms with van der Waals surface area (Å²) in [5, 5.41) is 9.33. The molecule has 0 heterocycles. The Morgan fingerprint density at radius 2 is 2.28 bits per heavy atom. The number of hydrogen-bond donors (Lipinski definition) is 1.